The third-order valence-corrected chi connectivity index (χ3v) is 3.96. The molecule has 1 aliphatic rings. The molecule has 0 saturated carbocycles. The first-order chi connectivity index (χ1) is 7.25. The van der Waals surface area contributed by atoms with Crippen LogP contribution in [0, 0.1) is 6.92 Å². The third-order valence-electron chi connectivity index (χ3n) is 2.66. The number of nitrogens with two attached hydrogens (primary N) is 1. The van der Waals surface area contributed by atoms with Crippen molar-refractivity contribution in [3.05, 3.63) is 35.9 Å². The van der Waals surface area contributed by atoms with Crippen LogP contribution in [0.15, 0.2) is 35.2 Å². The molecule has 0 spiro atoms. The Hall–Kier alpha value is -0.890. The molecular weight excluding hydrogens is 202 g/mol. The van der Waals surface area contributed by atoms with Gasteiger partial charge in [0.15, 0.2) is 0 Å². The summed E-state index contributed by atoms with van der Waals surface area (Å²) < 4.78 is 0. The van der Waals surface area contributed by atoms with Crippen molar-refractivity contribution in [1.82, 2.24) is 0 Å². The number of hydrogen-bond donors (Lipinski definition) is 1. The topological polar surface area (TPSA) is 26.0 Å². The minimum atomic E-state index is 0.614. The van der Waals surface area contributed by atoms with Gasteiger partial charge in [-0.05, 0) is 43.9 Å². The molecule has 1 aliphatic carbocycles. The van der Waals surface area contributed by atoms with E-state index in [0.717, 1.165) is 5.69 Å². The van der Waals surface area contributed by atoms with Crippen molar-refractivity contribution in [3.8, 4) is 0 Å². The molecule has 2 N–H and O–H groups in total. The number of allylic oxidation sites excluding steroid dienone is 1. The molecule has 0 fully saturated rings. The van der Waals surface area contributed by atoms with E-state index >= 15 is 0 Å². The number of aryl methyl sites for hydroxylation is 1. The van der Waals surface area contributed by atoms with Gasteiger partial charge >= 0.3 is 0 Å². The number of anilines is 1. The van der Waals surface area contributed by atoms with Gasteiger partial charge in [0.25, 0.3) is 0 Å². The van der Waals surface area contributed by atoms with E-state index in [0.29, 0.717) is 5.25 Å². The van der Waals surface area contributed by atoms with E-state index in [1.807, 2.05) is 17.8 Å². The highest BCUT2D eigenvalue weighted by molar-refractivity contribution is 8.00. The quantitative estimate of drug-likeness (QED) is 0.605. The zero-order valence-corrected chi connectivity index (χ0v) is 9.89. The summed E-state index contributed by atoms with van der Waals surface area (Å²) in [6.07, 6.45) is 8.41. The molecule has 0 bridgehead atoms. The fourth-order valence-corrected chi connectivity index (χ4v) is 3.04. The Labute approximate surface area is 95.8 Å². The summed E-state index contributed by atoms with van der Waals surface area (Å²) in [5.41, 5.74) is 8.15. The molecule has 1 atom stereocenters. The van der Waals surface area contributed by atoms with E-state index in [-0.39, 0.29) is 0 Å². The minimum absolute atomic E-state index is 0.614. The Balaban J connectivity index is 2.12. The second kappa shape index (κ2) is 4.75. The van der Waals surface area contributed by atoms with E-state index < -0.39 is 0 Å². The highest BCUT2D eigenvalue weighted by Gasteiger charge is 2.11. The van der Waals surface area contributed by atoms with Crippen LogP contribution in [0.1, 0.15) is 24.8 Å². The van der Waals surface area contributed by atoms with Gasteiger partial charge in [-0.3, -0.25) is 0 Å². The molecule has 80 valence electrons. The molecule has 1 nitrogen and oxygen atoms in total. The predicted molar refractivity (Wildman–Crippen MR) is 68.2 cm³/mol. The average Bonchev–Trinajstić information content (AvgIpc) is 2.25. The molecule has 1 aromatic carbocycles. The molecular formula is C13H17NS. The van der Waals surface area contributed by atoms with Crippen molar-refractivity contribution in [2.24, 2.45) is 0 Å². The smallest absolute Gasteiger partial charge is 0.0452 e. The average molecular weight is 219 g/mol. The van der Waals surface area contributed by atoms with Crippen molar-refractivity contribution < 1.29 is 0 Å². The molecule has 2 rings (SSSR count). The van der Waals surface area contributed by atoms with E-state index in [1.165, 1.54) is 29.7 Å². The molecule has 0 aromatic heterocycles. The number of rotatable bonds is 2. The molecule has 2 heteroatoms. The normalized spacial score (nSPS) is 20.5. The minimum Gasteiger partial charge on any atom is -0.398 e. The van der Waals surface area contributed by atoms with Crippen molar-refractivity contribution in [1.29, 1.82) is 0 Å². The van der Waals surface area contributed by atoms with Crippen LogP contribution >= 0.6 is 11.8 Å². The highest BCUT2D eigenvalue weighted by Crippen LogP contribution is 2.33. The number of benzene rings is 1. The molecule has 0 radical (unpaired) electrons. The highest BCUT2D eigenvalue weighted by atomic mass is 32.2. The van der Waals surface area contributed by atoms with Gasteiger partial charge in [0.05, 0.1) is 0 Å². The zero-order valence-electron chi connectivity index (χ0n) is 9.07. The van der Waals surface area contributed by atoms with E-state index in [1.54, 1.807) is 0 Å². The standard InChI is InChI=1S/C13H17NS/c1-10-7-8-12(14)13(9-10)15-11-5-3-2-4-6-11/h3,5,7-9,11H,2,4,6,14H2,1H3. The van der Waals surface area contributed by atoms with Gasteiger partial charge in [-0.1, -0.05) is 18.2 Å². The lowest BCUT2D eigenvalue weighted by atomic mass is 10.1. The summed E-state index contributed by atoms with van der Waals surface area (Å²) in [6.45, 7) is 2.11. The van der Waals surface area contributed by atoms with Gasteiger partial charge in [-0.25, -0.2) is 0 Å². The van der Waals surface area contributed by atoms with Gasteiger partial charge in [-0.15, -0.1) is 11.8 Å². The number of nitrogen functional groups attached to an aromatic ring is 1. The van der Waals surface area contributed by atoms with Crippen molar-refractivity contribution in [2.45, 2.75) is 36.3 Å². The summed E-state index contributed by atoms with van der Waals surface area (Å²) in [5.74, 6) is 0. The van der Waals surface area contributed by atoms with E-state index in [2.05, 4.69) is 31.2 Å². The van der Waals surface area contributed by atoms with Gasteiger partial charge < -0.3 is 5.73 Å². The van der Waals surface area contributed by atoms with Crippen LogP contribution in [0.2, 0.25) is 0 Å². The largest absolute Gasteiger partial charge is 0.398 e. The van der Waals surface area contributed by atoms with Gasteiger partial charge in [0.1, 0.15) is 0 Å². The Morgan fingerprint density at radius 1 is 1.40 bits per heavy atom. The van der Waals surface area contributed by atoms with Crippen molar-refractivity contribution in [3.63, 3.8) is 0 Å². The van der Waals surface area contributed by atoms with Crippen molar-refractivity contribution >= 4 is 17.4 Å². The lowest BCUT2D eigenvalue weighted by molar-refractivity contribution is 0.741. The van der Waals surface area contributed by atoms with Crippen LogP contribution in [-0.2, 0) is 0 Å². The lowest BCUT2D eigenvalue weighted by Crippen LogP contribution is -2.03. The first-order valence-electron chi connectivity index (χ1n) is 5.45. The van der Waals surface area contributed by atoms with Gasteiger partial charge in [-0.2, -0.15) is 0 Å². The van der Waals surface area contributed by atoms with Crippen LogP contribution < -0.4 is 5.73 Å². The first kappa shape index (κ1) is 10.6. The molecule has 1 aromatic rings. The monoisotopic (exact) mass is 219 g/mol. The Bertz CT molecular complexity index is 371. The van der Waals surface area contributed by atoms with Crippen molar-refractivity contribution in [2.75, 3.05) is 5.73 Å². The van der Waals surface area contributed by atoms with Crippen LogP contribution in [0.3, 0.4) is 0 Å². The third kappa shape index (κ3) is 2.78. The van der Waals surface area contributed by atoms with Crippen LogP contribution in [0.5, 0.6) is 0 Å². The maximum Gasteiger partial charge on any atom is 0.0452 e. The molecule has 0 saturated heterocycles. The molecule has 0 aliphatic heterocycles. The summed E-state index contributed by atoms with van der Waals surface area (Å²) in [6, 6.07) is 6.25. The van der Waals surface area contributed by atoms with Gasteiger partial charge in [0.2, 0.25) is 0 Å². The fraction of sp³-hybridized carbons (Fsp3) is 0.385. The molecule has 0 amide bonds. The summed E-state index contributed by atoms with van der Waals surface area (Å²) in [5, 5.41) is 0.614. The second-order valence-electron chi connectivity index (χ2n) is 4.06. The van der Waals surface area contributed by atoms with Crippen LogP contribution in [-0.4, -0.2) is 5.25 Å². The van der Waals surface area contributed by atoms with Gasteiger partial charge in [0, 0.05) is 15.8 Å². The Kier molecular flexibility index (Phi) is 3.37. The van der Waals surface area contributed by atoms with E-state index in [9.17, 15) is 0 Å². The number of thioether (sulfide) groups is 1. The molecule has 15 heavy (non-hydrogen) atoms. The summed E-state index contributed by atoms with van der Waals surface area (Å²) in [4.78, 5) is 1.23. The lowest BCUT2D eigenvalue weighted by Gasteiger charge is -2.17. The van der Waals surface area contributed by atoms with Crippen LogP contribution in [0.4, 0.5) is 5.69 Å². The molecule has 1 unspecified atom stereocenters. The second-order valence-corrected chi connectivity index (χ2v) is 5.34. The fourth-order valence-electron chi connectivity index (χ4n) is 1.79. The van der Waals surface area contributed by atoms with E-state index in [4.69, 9.17) is 5.73 Å². The molecule has 0 heterocycles. The summed E-state index contributed by atoms with van der Waals surface area (Å²) in [7, 11) is 0. The SMILES string of the molecule is Cc1ccc(N)c(SC2C=CCCC2)c1. The maximum absolute atomic E-state index is 5.96. The zero-order chi connectivity index (χ0) is 10.7. The maximum atomic E-state index is 5.96. The number of hydrogen-bond acceptors (Lipinski definition) is 2. The van der Waals surface area contributed by atoms with Crippen LogP contribution in [0.25, 0.3) is 0 Å². The first-order valence-corrected chi connectivity index (χ1v) is 6.33. The Morgan fingerprint density at radius 2 is 2.27 bits per heavy atom. The predicted octanol–water partition coefficient (Wildman–Crippen LogP) is 3.78. The summed E-state index contributed by atoms with van der Waals surface area (Å²) >= 11 is 1.89. The Morgan fingerprint density at radius 3 is 3.00 bits per heavy atom.